The summed E-state index contributed by atoms with van der Waals surface area (Å²) in [5.74, 6) is 3.04. The lowest BCUT2D eigenvalue weighted by molar-refractivity contribution is -0.137. The molecule has 2 aliphatic rings. The Morgan fingerprint density at radius 2 is 1.25 bits per heavy atom. The second kappa shape index (κ2) is 11.2. The van der Waals surface area contributed by atoms with Crippen LogP contribution in [0.3, 0.4) is 0 Å². The van der Waals surface area contributed by atoms with Gasteiger partial charge in [0.15, 0.2) is 0 Å². The molecule has 0 amide bonds. The molecule has 0 bridgehead atoms. The predicted octanol–water partition coefficient (Wildman–Crippen LogP) is 6.82. The van der Waals surface area contributed by atoms with Crippen LogP contribution in [0.25, 0.3) is 0 Å². The number of unbranched alkanes of at least 4 members (excludes halogenated alkanes) is 4. The molecule has 0 unspecified atom stereocenters. The van der Waals surface area contributed by atoms with Crippen LogP contribution in [-0.2, 0) is 4.79 Å². The van der Waals surface area contributed by atoms with Crippen LogP contribution in [0.4, 0.5) is 0 Å². The minimum absolute atomic E-state index is 0.374. The van der Waals surface area contributed by atoms with Crippen LogP contribution >= 0.6 is 0 Å². The van der Waals surface area contributed by atoms with Crippen molar-refractivity contribution in [2.24, 2.45) is 23.7 Å². The smallest absolute Gasteiger partial charge is 0.303 e. The Bertz CT molecular complexity index is 336. The first-order valence-corrected chi connectivity index (χ1v) is 10.9. The molecular weight excluding hydrogens is 296 g/mol. The summed E-state index contributed by atoms with van der Waals surface area (Å²) < 4.78 is 0. The van der Waals surface area contributed by atoms with E-state index in [2.05, 4.69) is 6.92 Å². The van der Waals surface area contributed by atoms with Crippen LogP contribution in [0.2, 0.25) is 0 Å². The van der Waals surface area contributed by atoms with Crippen molar-refractivity contribution < 1.29 is 9.90 Å². The topological polar surface area (TPSA) is 37.3 Å². The monoisotopic (exact) mass is 336 g/mol. The van der Waals surface area contributed by atoms with Gasteiger partial charge in [-0.3, -0.25) is 4.79 Å². The summed E-state index contributed by atoms with van der Waals surface area (Å²) in [6, 6.07) is 0. The van der Waals surface area contributed by atoms with Crippen LogP contribution in [-0.4, -0.2) is 11.1 Å². The highest BCUT2D eigenvalue weighted by Gasteiger charge is 2.30. The van der Waals surface area contributed by atoms with Crippen LogP contribution < -0.4 is 0 Å². The Labute approximate surface area is 149 Å². The highest BCUT2D eigenvalue weighted by atomic mass is 16.4. The van der Waals surface area contributed by atoms with Gasteiger partial charge in [0, 0.05) is 6.42 Å². The predicted molar refractivity (Wildman–Crippen MR) is 101 cm³/mol. The third-order valence-corrected chi connectivity index (χ3v) is 6.93. The summed E-state index contributed by atoms with van der Waals surface area (Å²) in [6.45, 7) is 2.29. The van der Waals surface area contributed by atoms with Gasteiger partial charge >= 0.3 is 5.97 Å². The van der Waals surface area contributed by atoms with Crippen molar-refractivity contribution in [3.8, 4) is 0 Å². The molecule has 0 atom stereocenters. The van der Waals surface area contributed by atoms with Gasteiger partial charge in [-0.25, -0.2) is 0 Å². The number of aliphatic carboxylic acids is 1. The van der Waals surface area contributed by atoms with E-state index in [-0.39, 0.29) is 0 Å². The normalized spacial score (nSPS) is 31.0. The van der Waals surface area contributed by atoms with Crippen molar-refractivity contribution in [1.82, 2.24) is 0 Å². The molecule has 2 saturated carbocycles. The highest BCUT2D eigenvalue weighted by Crippen LogP contribution is 2.43. The highest BCUT2D eigenvalue weighted by molar-refractivity contribution is 5.66. The Balaban J connectivity index is 1.55. The van der Waals surface area contributed by atoms with Gasteiger partial charge in [0.05, 0.1) is 0 Å². The van der Waals surface area contributed by atoms with Crippen LogP contribution in [0, 0.1) is 23.7 Å². The zero-order valence-corrected chi connectivity index (χ0v) is 16.0. The Kier molecular flexibility index (Phi) is 9.20. The molecular formula is C22H40O2. The maximum absolute atomic E-state index is 10.7. The fraction of sp³-hybridized carbons (Fsp3) is 0.955. The Morgan fingerprint density at radius 1 is 0.750 bits per heavy atom. The largest absolute Gasteiger partial charge is 0.481 e. The first-order chi connectivity index (χ1) is 11.7. The molecule has 0 radical (unpaired) electrons. The first-order valence-electron chi connectivity index (χ1n) is 10.9. The van der Waals surface area contributed by atoms with Gasteiger partial charge in [0.2, 0.25) is 0 Å². The molecule has 2 nitrogen and oxygen atoms in total. The molecule has 2 aliphatic carbocycles. The summed E-state index contributed by atoms with van der Waals surface area (Å²) in [6.07, 6.45) is 21.1. The number of carboxylic acids is 1. The zero-order valence-electron chi connectivity index (χ0n) is 16.0. The zero-order chi connectivity index (χ0) is 17.2. The lowest BCUT2D eigenvalue weighted by Gasteiger charge is -2.38. The van der Waals surface area contributed by atoms with Gasteiger partial charge in [0.25, 0.3) is 0 Å². The van der Waals surface area contributed by atoms with E-state index in [0.29, 0.717) is 12.3 Å². The van der Waals surface area contributed by atoms with E-state index < -0.39 is 5.97 Å². The second-order valence-electron chi connectivity index (χ2n) is 8.70. The van der Waals surface area contributed by atoms with E-state index >= 15 is 0 Å². The average Bonchev–Trinajstić information content (AvgIpc) is 2.61. The van der Waals surface area contributed by atoms with Gasteiger partial charge in [-0.05, 0) is 55.8 Å². The molecule has 0 aromatic rings. The van der Waals surface area contributed by atoms with Gasteiger partial charge in [0.1, 0.15) is 0 Å². The lowest BCUT2D eigenvalue weighted by Crippen LogP contribution is -2.26. The first kappa shape index (κ1) is 19.8. The van der Waals surface area contributed by atoms with Gasteiger partial charge < -0.3 is 5.11 Å². The van der Waals surface area contributed by atoms with Crippen LogP contribution in [0.5, 0.6) is 0 Å². The van der Waals surface area contributed by atoms with Crippen molar-refractivity contribution in [1.29, 1.82) is 0 Å². The Hall–Kier alpha value is -0.530. The molecule has 0 aliphatic heterocycles. The number of hydrogen-bond acceptors (Lipinski definition) is 1. The minimum atomic E-state index is -0.620. The molecule has 24 heavy (non-hydrogen) atoms. The summed E-state index contributed by atoms with van der Waals surface area (Å²) in [5, 5.41) is 8.83. The third kappa shape index (κ3) is 7.15. The number of carboxylic acid groups (broad SMARTS) is 1. The number of hydrogen-bond donors (Lipinski definition) is 1. The van der Waals surface area contributed by atoms with Crippen LogP contribution in [0.15, 0.2) is 0 Å². The van der Waals surface area contributed by atoms with E-state index in [0.717, 1.165) is 24.2 Å². The van der Waals surface area contributed by atoms with Crippen LogP contribution in [0.1, 0.15) is 110 Å². The van der Waals surface area contributed by atoms with E-state index in [1.54, 1.807) is 0 Å². The molecule has 1 N–H and O–H groups in total. The quantitative estimate of drug-likeness (QED) is 0.444. The third-order valence-electron chi connectivity index (χ3n) is 6.93. The lowest BCUT2D eigenvalue weighted by atomic mass is 9.68. The summed E-state index contributed by atoms with van der Waals surface area (Å²) >= 11 is 0. The van der Waals surface area contributed by atoms with Crippen molar-refractivity contribution in [3.63, 3.8) is 0 Å². The Morgan fingerprint density at radius 3 is 1.75 bits per heavy atom. The fourth-order valence-electron chi connectivity index (χ4n) is 5.26. The molecule has 2 rings (SSSR count). The maximum atomic E-state index is 10.7. The van der Waals surface area contributed by atoms with Gasteiger partial charge in [-0.1, -0.05) is 71.1 Å². The van der Waals surface area contributed by atoms with E-state index in [1.165, 1.54) is 89.9 Å². The fourth-order valence-corrected chi connectivity index (χ4v) is 5.26. The van der Waals surface area contributed by atoms with Crippen molar-refractivity contribution >= 4 is 5.97 Å². The van der Waals surface area contributed by atoms with Crippen molar-refractivity contribution in [2.75, 3.05) is 0 Å². The maximum Gasteiger partial charge on any atom is 0.303 e. The molecule has 0 spiro atoms. The average molecular weight is 337 g/mol. The standard InChI is InChI=1S/C22H40O2/c1-2-3-4-5-6-7-18-8-13-20(14-9-18)21-15-10-19(11-16-21)12-17-22(23)24/h18-21H,2-17H2,1H3,(H,23,24). The second-order valence-corrected chi connectivity index (χ2v) is 8.70. The summed E-state index contributed by atoms with van der Waals surface area (Å²) in [4.78, 5) is 10.7. The molecule has 0 heterocycles. The summed E-state index contributed by atoms with van der Waals surface area (Å²) in [5.41, 5.74) is 0. The van der Waals surface area contributed by atoms with E-state index in [9.17, 15) is 4.79 Å². The molecule has 0 aromatic heterocycles. The van der Waals surface area contributed by atoms with Crippen molar-refractivity contribution in [2.45, 2.75) is 110 Å². The molecule has 0 aromatic carbocycles. The van der Waals surface area contributed by atoms with E-state index in [1.807, 2.05) is 0 Å². The minimum Gasteiger partial charge on any atom is -0.481 e. The molecule has 0 saturated heterocycles. The summed E-state index contributed by atoms with van der Waals surface area (Å²) in [7, 11) is 0. The number of rotatable bonds is 10. The van der Waals surface area contributed by atoms with E-state index in [4.69, 9.17) is 5.11 Å². The molecule has 140 valence electrons. The van der Waals surface area contributed by atoms with Gasteiger partial charge in [-0.2, -0.15) is 0 Å². The van der Waals surface area contributed by atoms with Crippen molar-refractivity contribution in [3.05, 3.63) is 0 Å². The van der Waals surface area contributed by atoms with Gasteiger partial charge in [-0.15, -0.1) is 0 Å². The SMILES string of the molecule is CCCCCCCC1CCC(C2CCC(CCC(=O)O)CC2)CC1. The molecule has 2 fully saturated rings. The number of carbonyl (C=O) groups is 1. The molecule has 2 heteroatoms.